The molecule has 0 bridgehead atoms. The predicted molar refractivity (Wildman–Crippen MR) is 54.8 cm³/mol. The maximum Gasteiger partial charge on any atom is 0.279 e. The van der Waals surface area contributed by atoms with Crippen molar-refractivity contribution in [1.29, 1.82) is 0 Å². The normalized spacial score (nSPS) is 21.4. The molecule has 2 heterocycles. The van der Waals surface area contributed by atoms with Gasteiger partial charge in [0, 0.05) is 18.0 Å². The highest BCUT2D eigenvalue weighted by atomic mass is 16.5. The van der Waals surface area contributed by atoms with Crippen molar-refractivity contribution in [2.24, 2.45) is 0 Å². The van der Waals surface area contributed by atoms with Crippen molar-refractivity contribution in [3.63, 3.8) is 0 Å². The summed E-state index contributed by atoms with van der Waals surface area (Å²) in [6, 6.07) is 3.80. The predicted octanol–water partition coefficient (Wildman–Crippen LogP) is 0.288. The van der Waals surface area contributed by atoms with Crippen LogP contribution in [0.4, 0.5) is 5.82 Å². The van der Waals surface area contributed by atoms with Crippen LogP contribution in [0.3, 0.4) is 0 Å². The SMILES string of the molecule is Cc1ccc(C2CCNC2)c(N)[n+]1[O-]. The molecule has 1 atom stereocenters. The molecule has 4 nitrogen and oxygen atoms in total. The van der Waals surface area contributed by atoms with Crippen molar-refractivity contribution in [2.75, 3.05) is 18.8 Å². The van der Waals surface area contributed by atoms with Gasteiger partial charge in [0.15, 0.2) is 0 Å². The average Bonchev–Trinajstić information content (AvgIpc) is 2.67. The zero-order valence-corrected chi connectivity index (χ0v) is 8.29. The molecule has 1 aromatic rings. The first kappa shape index (κ1) is 9.27. The van der Waals surface area contributed by atoms with Gasteiger partial charge in [0.25, 0.3) is 5.82 Å². The van der Waals surface area contributed by atoms with E-state index in [4.69, 9.17) is 5.73 Å². The number of hydrogen-bond acceptors (Lipinski definition) is 3. The zero-order chi connectivity index (χ0) is 10.1. The van der Waals surface area contributed by atoms with Gasteiger partial charge in [-0.15, -0.1) is 0 Å². The van der Waals surface area contributed by atoms with Gasteiger partial charge in [0.05, 0.1) is 0 Å². The van der Waals surface area contributed by atoms with Gasteiger partial charge in [0.2, 0.25) is 0 Å². The van der Waals surface area contributed by atoms with Crippen LogP contribution in [0, 0.1) is 12.1 Å². The molecule has 1 unspecified atom stereocenters. The van der Waals surface area contributed by atoms with Crippen LogP contribution in [0.2, 0.25) is 0 Å². The van der Waals surface area contributed by atoms with Crippen LogP contribution in [-0.4, -0.2) is 13.1 Å². The average molecular weight is 193 g/mol. The quantitative estimate of drug-likeness (QED) is 0.497. The summed E-state index contributed by atoms with van der Waals surface area (Å²) in [6.45, 7) is 3.70. The second kappa shape index (κ2) is 3.46. The molecule has 1 aliphatic heterocycles. The lowest BCUT2D eigenvalue weighted by atomic mass is 9.99. The monoisotopic (exact) mass is 193 g/mol. The third-order valence-electron chi connectivity index (χ3n) is 2.84. The first-order valence-corrected chi connectivity index (χ1v) is 4.89. The fourth-order valence-electron chi connectivity index (χ4n) is 1.94. The minimum absolute atomic E-state index is 0.360. The molecule has 0 aromatic carbocycles. The van der Waals surface area contributed by atoms with Crippen molar-refractivity contribution in [3.8, 4) is 0 Å². The standard InChI is InChI=1S/C10H15N3O/c1-7-2-3-9(10(11)13(7)14)8-4-5-12-6-8/h2-3,8,12H,4-6,11H2,1H3. The van der Waals surface area contributed by atoms with Crippen LogP contribution in [0.1, 0.15) is 23.6 Å². The molecule has 3 N–H and O–H groups in total. The summed E-state index contributed by atoms with van der Waals surface area (Å²) in [4.78, 5) is 0. The summed E-state index contributed by atoms with van der Waals surface area (Å²) in [5.74, 6) is 0.759. The van der Waals surface area contributed by atoms with Crippen molar-refractivity contribution in [2.45, 2.75) is 19.3 Å². The molecule has 1 aliphatic rings. The Morgan fingerprint density at radius 1 is 1.57 bits per heavy atom. The Morgan fingerprint density at radius 3 is 3.00 bits per heavy atom. The van der Waals surface area contributed by atoms with Crippen molar-refractivity contribution in [3.05, 3.63) is 28.6 Å². The molecule has 2 rings (SSSR count). The molecule has 1 aromatic heterocycles. The first-order chi connectivity index (χ1) is 6.70. The summed E-state index contributed by atoms with van der Waals surface area (Å²) < 4.78 is 0.813. The van der Waals surface area contributed by atoms with E-state index in [0.29, 0.717) is 17.4 Å². The van der Waals surface area contributed by atoms with Gasteiger partial charge in [0.1, 0.15) is 5.69 Å². The highest BCUT2D eigenvalue weighted by Gasteiger charge is 2.22. The number of pyridine rings is 1. The van der Waals surface area contributed by atoms with Gasteiger partial charge in [-0.1, -0.05) is 0 Å². The maximum absolute atomic E-state index is 11.5. The number of aromatic nitrogens is 1. The number of rotatable bonds is 1. The van der Waals surface area contributed by atoms with Gasteiger partial charge >= 0.3 is 0 Å². The number of anilines is 1. The Balaban J connectivity index is 2.38. The molecule has 0 saturated carbocycles. The lowest BCUT2D eigenvalue weighted by Gasteiger charge is -2.15. The largest absolute Gasteiger partial charge is 0.710 e. The molecule has 4 heteroatoms. The number of nitrogens with zero attached hydrogens (tertiary/aromatic N) is 1. The van der Waals surface area contributed by atoms with Crippen molar-refractivity contribution >= 4 is 5.82 Å². The van der Waals surface area contributed by atoms with Gasteiger partial charge < -0.3 is 10.5 Å². The van der Waals surface area contributed by atoms with Crippen LogP contribution < -0.4 is 15.8 Å². The van der Waals surface area contributed by atoms with Crippen LogP contribution in [-0.2, 0) is 0 Å². The van der Waals surface area contributed by atoms with E-state index in [1.165, 1.54) is 0 Å². The topological polar surface area (TPSA) is 65.0 Å². The third-order valence-corrected chi connectivity index (χ3v) is 2.84. The highest BCUT2D eigenvalue weighted by molar-refractivity contribution is 5.38. The Hall–Kier alpha value is -1.29. The van der Waals surface area contributed by atoms with E-state index in [0.717, 1.165) is 29.8 Å². The highest BCUT2D eigenvalue weighted by Crippen LogP contribution is 2.25. The minimum Gasteiger partial charge on any atom is -0.710 e. The van der Waals surface area contributed by atoms with E-state index < -0.39 is 0 Å². The molecule has 1 saturated heterocycles. The number of nitrogens with two attached hydrogens (primary N) is 1. The molecule has 76 valence electrons. The summed E-state index contributed by atoms with van der Waals surface area (Å²) >= 11 is 0. The molecular formula is C10H15N3O. The fraction of sp³-hybridized carbons (Fsp3) is 0.500. The second-order valence-corrected chi connectivity index (χ2v) is 3.80. The molecular weight excluding hydrogens is 178 g/mol. The van der Waals surface area contributed by atoms with E-state index in [1.54, 1.807) is 6.92 Å². The Labute approximate surface area is 83.3 Å². The molecule has 0 radical (unpaired) electrons. The Morgan fingerprint density at radius 2 is 2.36 bits per heavy atom. The van der Waals surface area contributed by atoms with Gasteiger partial charge in [-0.2, -0.15) is 0 Å². The number of hydrogen-bond donors (Lipinski definition) is 2. The van der Waals surface area contributed by atoms with Crippen LogP contribution in [0.15, 0.2) is 12.1 Å². The first-order valence-electron chi connectivity index (χ1n) is 4.89. The van der Waals surface area contributed by atoms with E-state index in [1.807, 2.05) is 12.1 Å². The van der Waals surface area contributed by atoms with Crippen LogP contribution in [0.25, 0.3) is 0 Å². The fourth-order valence-corrected chi connectivity index (χ4v) is 1.94. The maximum atomic E-state index is 11.5. The number of nitrogens with one attached hydrogen (secondary N) is 1. The van der Waals surface area contributed by atoms with Gasteiger partial charge in [-0.05, 0) is 32.0 Å². The number of nitrogen functional groups attached to an aromatic ring is 1. The van der Waals surface area contributed by atoms with E-state index in [9.17, 15) is 5.21 Å². The van der Waals surface area contributed by atoms with Crippen LogP contribution >= 0.6 is 0 Å². The smallest absolute Gasteiger partial charge is 0.279 e. The van der Waals surface area contributed by atoms with Gasteiger partial charge in [-0.3, -0.25) is 5.73 Å². The summed E-state index contributed by atoms with van der Waals surface area (Å²) in [7, 11) is 0. The molecule has 0 spiro atoms. The molecule has 1 fully saturated rings. The van der Waals surface area contributed by atoms with E-state index in [2.05, 4.69) is 5.32 Å². The van der Waals surface area contributed by atoms with Crippen LogP contribution in [0.5, 0.6) is 0 Å². The van der Waals surface area contributed by atoms with E-state index in [-0.39, 0.29) is 0 Å². The summed E-state index contributed by atoms with van der Waals surface area (Å²) in [5, 5.41) is 14.8. The zero-order valence-electron chi connectivity index (χ0n) is 8.29. The third kappa shape index (κ3) is 1.42. The minimum atomic E-state index is 0.360. The molecule has 14 heavy (non-hydrogen) atoms. The summed E-state index contributed by atoms with van der Waals surface area (Å²) in [6.07, 6.45) is 1.06. The molecule has 0 aliphatic carbocycles. The number of aryl methyl sites for hydroxylation is 1. The van der Waals surface area contributed by atoms with Crippen molar-refractivity contribution < 1.29 is 4.73 Å². The van der Waals surface area contributed by atoms with Crippen molar-refractivity contribution in [1.82, 2.24) is 5.32 Å². The summed E-state index contributed by atoms with van der Waals surface area (Å²) in [5.41, 5.74) is 7.42. The van der Waals surface area contributed by atoms with E-state index >= 15 is 0 Å². The lowest BCUT2D eigenvalue weighted by Crippen LogP contribution is -2.35. The van der Waals surface area contributed by atoms with Gasteiger partial charge in [-0.25, -0.2) is 4.73 Å². The lowest BCUT2D eigenvalue weighted by molar-refractivity contribution is -0.597. The second-order valence-electron chi connectivity index (χ2n) is 3.80. The molecule has 0 amide bonds. The Bertz CT molecular complexity index is 345. The Kier molecular flexibility index (Phi) is 2.29.